The first-order valence-corrected chi connectivity index (χ1v) is 7.61. The molecular formula is C14H18N2O4S. The van der Waals surface area contributed by atoms with Crippen molar-refractivity contribution >= 4 is 22.7 Å². The minimum atomic E-state index is -0.432. The minimum absolute atomic E-state index is 0.0252. The van der Waals surface area contributed by atoms with Crippen molar-refractivity contribution in [2.45, 2.75) is 24.7 Å². The predicted molar refractivity (Wildman–Crippen MR) is 79.9 cm³/mol. The van der Waals surface area contributed by atoms with Crippen LogP contribution in [0.25, 0.3) is 0 Å². The van der Waals surface area contributed by atoms with Gasteiger partial charge in [0.1, 0.15) is 6.61 Å². The number of nitrogens with zero attached hydrogens (tertiary/aromatic N) is 2. The molecule has 1 saturated heterocycles. The zero-order valence-corrected chi connectivity index (χ0v) is 12.3. The maximum atomic E-state index is 12.0. The summed E-state index contributed by atoms with van der Waals surface area (Å²) in [5.41, 5.74) is 0.956. The first-order chi connectivity index (χ1) is 10.2. The smallest absolute Gasteiger partial charge is 0.306 e. The second-order valence-corrected chi connectivity index (χ2v) is 5.93. The van der Waals surface area contributed by atoms with Gasteiger partial charge in [-0.2, -0.15) is 0 Å². The van der Waals surface area contributed by atoms with Gasteiger partial charge in [-0.1, -0.05) is 47.2 Å². The largest absolute Gasteiger partial charge is 0.410 e. The summed E-state index contributed by atoms with van der Waals surface area (Å²) in [6, 6.07) is 9.53. The Morgan fingerprint density at radius 1 is 1.38 bits per heavy atom. The molecule has 6 nitrogen and oxygen atoms in total. The van der Waals surface area contributed by atoms with E-state index in [1.54, 1.807) is 0 Å². The van der Waals surface area contributed by atoms with E-state index >= 15 is 0 Å². The van der Waals surface area contributed by atoms with Crippen LogP contribution >= 0.6 is 11.8 Å². The lowest BCUT2D eigenvalue weighted by Gasteiger charge is -2.31. The molecule has 1 unspecified atom stereocenters. The van der Waals surface area contributed by atoms with Crippen molar-refractivity contribution in [2.24, 2.45) is 5.16 Å². The fourth-order valence-corrected chi connectivity index (χ4v) is 3.05. The molecule has 0 aromatic heterocycles. The third-order valence-corrected chi connectivity index (χ3v) is 4.26. The third kappa shape index (κ3) is 4.45. The van der Waals surface area contributed by atoms with E-state index in [0.717, 1.165) is 12.0 Å². The number of aliphatic hydroxyl groups is 1. The van der Waals surface area contributed by atoms with Crippen molar-refractivity contribution < 1.29 is 19.9 Å². The number of aliphatic hydroxyl groups excluding tert-OH is 1. The lowest BCUT2D eigenvalue weighted by Crippen LogP contribution is -2.45. The summed E-state index contributed by atoms with van der Waals surface area (Å²) in [7, 11) is 0. The second kappa shape index (κ2) is 8.02. The zero-order valence-electron chi connectivity index (χ0n) is 11.5. The maximum absolute atomic E-state index is 12.0. The van der Waals surface area contributed by atoms with E-state index in [0.29, 0.717) is 13.0 Å². The van der Waals surface area contributed by atoms with Crippen LogP contribution in [0.2, 0.25) is 0 Å². The number of carbonyl (C=O) groups is 1. The number of amides is 1. The molecule has 1 fully saturated rings. The molecule has 1 aromatic rings. The Hall–Kier alpha value is -1.57. The van der Waals surface area contributed by atoms with E-state index in [9.17, 15) is 4.79 Å². The van der Waals surface area contributed by atoms with Gasteiger partial charge in [-0.05, 0) is 18.4 Å². The van der Waals surface area contributed by atoms with Crippen LogP contribution in [0.3, 0.4) is 0 Å². The molecule has 1 atom stereocenters. The molecule has 114 valence electrons. The Bertz CT molecular complexity index is 495. The molecular weight excluding hydrogens is 292 g/mol. The summed E-state index contributed by atoms with van der Waals surface area (Å²) in [5, 5.41) is 22.2. The molecule has 0 spiro atoms. The fraction of sp³-hybridized carbons (Fsp3) is 0.429. The summed E-state index contributed by atoms with van der Waals surface area (Å²) >= 11 is 1.22. The number of benzene rings is 1. The third-order valence-electron chi connectivity index (χ3n) is 3.06. The van der Waals surface area contributed by atoms with E-state index < -0.39 is 5.91 Å². The van der Waals surface area contributed by atoms with E-state index in [2.05, 4.69) is 5.16 Å². The van der Waals surface area contributed by atoms with Gasteiger partial charge in [0.25, 0.3) is 0 Å². The second-order valence-electron chi connectivity index (χ2n) is 4.64. The minimum Gasteiger partial charge on any atom is -0.410 e. The Labute approximate surface area is 127 Å². The molecule has 0 radical (unpaired) electrons. The van der Waals surface area contributed by atoms with Gasteiger partial charge in [-0.15, -0.1) is 0 Å². The number of hydroxylamine groups is 2. The summed E-state index contributed by atoms with van der Waals surface area (Å²) in [4.78, 5) is 17.6. The van der Waals surface area contributed by atoms with E-state index in [-0.39, 0.29) is 23.5 Å². The van der Waals surface area contributed by atoms with Gasteiger partial charge in [-0.3, -0.25) is 9.63 Å². The van der Waals surface area contributed by atoms with Crippen molar-refractivity contribution in [3.8, 4) is 0 Å². The van der Waals surface area contributed by atoms with Gasteiger partial charge in [0.2, 0.25) is 5.04 Å². The van der Waals surface area contributed by atoms with Gasteiger partial charge in [0, 0.05) is 11.9 Å². The number of rotatable bonds is 6. The van der Waals surface area contributed by atoms with Crippen LogP contribution < -0.4 is 0 Å². The highest BCUT2D eigenvalue weighted by molar-refractivity contribution is 8.16. The lowest BCUT2D eigenvalue weighted by molar-refractivity contribution is -0.184. The SMILES string of the molecule is O=C1C(=NO)SC(CCCO)CN1OCc1ccccc1. The van der Waals surface area contributed by atoms with E-state index in [4.69, 9.17) is 15.2 Å². The predicted octanol–water partition coefficient (Wildman–Crippen LogP) is 1.62. The first kappa shape index (κ1) is 15.8. The average molecular weight is 310 g/mol. The molecule has 0 saturated carbocycles. The number of carbonyl (C=O) groups excluding carboxylic acids is 1. The number of hydrogen-bond acceptors (Lipinski definition) is 6. The lowest BCUT2D eigenvalue weighted by atomic mass is 10.2. The summed E-state index contributed by atoms with van der Waals surface area (Å²) in [5.74, 6) is -0.432. The fourth-order valence-electron chi connectivity index (χ4n) is 1.99. The molecule has 1 aliphatic heterocycles. The van der Waals surface area contributed by atoms with Gasteiger partial charge >= 0.3 is 5.91 Å². The van der Waals surface area contributed by atoms with Crippen molar-refractivity contribution in [3.05, 3.63) is 35.9 Å². The van der Waals surface area contributed by atoms with Gasteiger partial charge < -0.3 is 10.3 Å². The van der Waals surface area contributed by atoms with Crippen molar-refractivity contribution in [1.29, 1.82) is 0 Å². The average Bonchev–Trinajstić information content (AvgIpc) is 2.53. The van der Waals surface area contributed by atoms with E-state index in [1.165, 1.54) is 16.8 Å². The van der Waals surface area contributed by atoms with Crippen molar-refractivity contribution in [2.75, 3.05) is 13.2 Å². The summed E-state index contributed by atoms with van der Waals surface area (Å²) in [6.45, 7) is 0.791. The zero-order chi connectivity index (χ0) is 15.1. The maximum Gasteiger partial charge on any atom is 0.306 e. The summed E-state index contributed by atoms with van der Waals surface area (Å²) in [6.07, 6.45) is 1.36. The molecule has 2 N–H and O–H groups in total. The highest BCUT2D eigenvalue weighted by Crippen LogP contribution is 2.26. The monoisotopic (exact) mass is 310 g/mol. The highest BCUT2D eigenvalue weighted by Gasteiger charge is 2.33. The Morgan fingerprint density at radius 3 is 2.81 bits per heavy atom. The number of hydrogen-bond donors (Lipinski definition) is 2. The van der Waals surface area contributed by atoms with Crippen molar-refractivity contribution in [1.82, 2.24) is 5.06 Å². The number of thioether (sulfide) groups is 1. The van der Waals surface area contributed by atoms with Crippen LogP contribution in [-0.2, 0) is 16.2 Å². The molecule has 7 heteroatoms. The molecule has 1 aliphatic rings. The molecule has 0 aliphatic carbocycles. The summed E-state index contributed by atoms with van der Waals surface area (Å²) < 4.78 is 0. The van der Waals surface area contributed by atoms with Crippen LogP contribution in [0.4, 0.5) is 0 Å². The molecule has 1 aromatic carbocycles. The Kier molecular flexibility index (Phi) is 6.04. The van der Waals surface area contributed by atoms with Gasteiger partial charge in [-0.25, -0.2) is 5.06 Å². The topological polar surface area (TPSA) is 82.4 Å². The van der Waals surface area contributed by atoms with Crippen LogP contribution in [-0.4, -0.2) is 44.7 Å². The van der Waals surface area contributed by atoms with Crippen molar-refractivity contribution in [3.63, 3.8) is 0 Å². The Balaban J connectivity index is 1.97. The first-order valence-electron chi connectivity index (χ1n) is 6.73. The molecule has 21 heavy (non-hydrogen) atoms. The van der Waals surface area contributed by atoms with Crippen LogP contribution in [0, 0.1) is 0 Å². The molecule has 0 bridgehead atoms. The highest BCUT2D eigenvalue weighted by atomic mass is 32.2. The van der Waals surface area contributed by atoms with Crippen LogP contribution in [0.5, 0.6) is 0 Å². The van der Waals surface area contributed by atoms with Gasteiger partial charge in [0.05, 0.1) is 6.54 Å². The quantitative estimate of drug-likeness (QED) is 0.616. The van der Waals surface area contributed by atoms with Crippen LogP contribution in [0.15, 0.2) is 35.5 Å². The van der Waals surface area contributed by atoms with E-state index in [1.807, 2.05) is 30.3 Å². The normalized spacial score (nSPS) is 21.0. The molecule has 1 amide bonds. The molecule has 1 heterocycles. The number of oxime groups is 1. The Morgan fingerprint density at radius 2 is 2.14 bits per heavy atom. The van der Waals surface area contributed by atoms with Crippen LogP contribution in [0.1, 0.15) is 18.4 Å². The molecule has 2 rings (SSSR count). The standard InChI is InChI=1S/C14H18N2O4S/c17-8-4-7-12-9-16(14(18)13(15-19)21-12)20-10-11-5-2-1-3-6-11/h1-3,5-6,12,17,19H,4,7-10H2. The van der Waals surface area contributed by atoms with Gasteiger partial charge in [0.15, 0.2) is 0 Å².